The summed E-state index contributed by atoms with van der Waals surface area (Å²) >= 11 is 0. The number of hydrogen-bond donors (Lipinski definition) is 1. The highest BCUT2D eigenvalue weighted by Crippen LogP contribution is 2.37. The van der Waals surface area contributed by atoms with Gasteiger partial charge in [-0.25, -0.2) is 0 Å². The summed E-state index contributed by atoms with van der Waals surface area (Å²) in [7, 11) is 0. The molecule has 1 fully saturated rings. The fraction of sp³-hybridized carbons (Fsp3) is 0.538. The lowest BCUT2D eigenvalue weighted by molar-refractivity contribution is 0.233. The highest BCUT2D eigenvalue weighted by Gasteiger charge is 2.27. The molecule has 14 heavy (non-hydrogen) atoms. The van der Waals surface area contributed by atoms with Crippen LogP contribution in [0, 0.1) is 5.92 Å². The van der Waals surface area contributed by atoms with Crippen LogP contribution in [0.2, 0.25) is 0 Å². The summed E-state index contributed by atoms with van der Waals surface area (Å²) in [5, 5.41) is 3.60. The molecule has 0 saturated heterocycles. The van der Waals surface area contributed by atoms with Crippen LogP contribution in [0.15, 0.2) is 30.3 Å². The molecule has 76 valence electrons. The number of rotatable bonds is 4. The van der Waals surface area contributed by atoms with Crippen molar-refractivity contribution in [1.82, 2.24) is 5.32 Å². The molecule has 0 amide bonds. The Kier molecular flexibility index (Phi) is 3.20. The van der Waals surface area contributed by atoms with E-state index in [0.717, 1.165) is 12.5 Å². The quantitative estimate of drug-likeness (QED) is 0.767. The first-order valence-electron chi connectivity index (χ1n) is 5.70. The third-order valence-corrected chi connectivity index (χ3v) is 3.20. The van der Waals surface area contributed by atoms with Gasteiger partial charge in [0, 0.05) is 6.04 Å². The molecule has 0 spiro atoms. The second-order valence-electron chi connectivity index (χ2n) is 4.14. The van der Waals surface area contributed by atoms with Gasteiger partial charge in [-0.2, -0.15) is 0 Å². The maximum absolute atomic E-state index is 3.60. The van der Waals surface area contributed by atoms with Crippen molar-refractivity contribution in [1.29, 1.82) is 0 Å². The van der Waals surface area contributed by atoms with Gasteiger partial charge in [0.15, 0.2) is 0 Å². The monoisotopic (exact) mass is 189 g/mol. The Morgan fingerprint density at radius 2 is 2.00 bits per heavy atom. The maximum atomic E-state index is 3.60. The van der Waals surface area contributed by atoms with Crippen molar-refractivity contribution in [2.75, 3.05) is 6.54 Å². The second kappa shape index (κ2) is 4.61. The van der Waals surface area contributed by atoms with E-state index in [-0.39, 0.29) is 0 Å². The van der Waals surface area contributed by atoms with E-state index >= 15 is 0 Å². The number of hydrogen-bond acceptors (Lipinski definition) is 1. The zero-order chi connectivity index (χ0) is 9.80. The fourth-order valence-electron chi connectivity index (χ4n) is 2.21. The molecule has 1 saturated carbocycles. The molecular weight excluding hydrogens is 170 g/mol. The first-order valence-corrected chi connectivity index (χ1v) is 5.70. The average Bonchev–Trinajstić information content (AvgIpc) is 2.16. The molecule has 1 N–H and O–H groups in total. The molecule has 1 aromatic rings. The molecule has 1 aliphatic rings. The molecule has 0 heterocycles. The Morgan fingerprint density at radius 3 is 2.50 bits per heavy atom. The zero-order valence-electron chi connectivity index (χ0n) is 8.87. The summed E-state index contributed by atoms with van der Waals surface area (Å²) in [6, 6.07) is 11.4. The average molecular weight is 189 g/mol. The lowest BCUT2D eigenvalue weighted by Gasteiger charge is -2.34. The van der Waals surface area contributed by atoms with Crippen LogP contribution >= 0.6 is 0 Å². The van der Waals surface area contributed by atoms with Crippen molar-refractivity contribution < 1.29 is 0 Å². The SMILES string of the molecule is CCNC(c1ccccc1)C1CCC1. The van der Waals surface area contributed by atoms with Gasteiger partial charge >= 0.3 is 0 Å². The molecule has 1 atom stereocenters. The highest BCUT2D eigenvalue weighted by molar-refractivity contribution is 5.20. The minimum atomic E-state index is 0.593. The summed E-state index contributed by atoms with van der Waals surface area (Å²) in [4.78, 5) is 0. The molecule has 1 aliphatic carbocycles. The van der Waals surface area contributed by atoms with Crippen LogP contribution < -0.4 is 5.32 Å². The topological polar surface area (TPSA) is 12.0 Å². The molecule has 1 aromatic carbocycles. The van der Waals surface area contributed by atoms with Gasteiger partial charge in [0.25, 0.3) is 0 Å². The molecule has 2 rings (SSSR count). The predicted molar refractivity (Wildman–Crippen MR) is 60.2 cm³/mol. The largest absolute Gasteiger partial charge is 0.310 e. The summed E-state index contributed by atoms with van der Waals surface area (Å²) < 4.78 is 0. The predicted octanol–water partition coefficient (Wildman–Crippen LogP) is 3.14. The third kappa shape index (κ3) is 1.98. The van der Waals surface area contributed by atoms with Gasteiger partial charge in [-0.1, -0.05) is 43.7 Å². The summed E-state index contributed by atoms with van der Waals surface area (Å²) in [6.45, 7) is 3.25. The Bertz CT molecular complexity index is 264. The van der Waals surface area contributed by atoms with E-state index in [1.165, 1.54) is 24.8 Å². The van der Waals surface area contributed by atoms with E-state index in [4.69, 9.17) is 0 Å². The van der Waals surface area contributed by atoms with Crippen LogP contribution in [-0.2, 0) is 0 Å². The van der Waals surface area contributed by atoms with E-state index in [9.17, 15) is 0 Å². The van der Waals surface area contributed by atoms with Crippen molar-refractivity contribution in [3.63, 3.8) is 0 Å². The van der Waals surface area contributed by atoms with Crippen LogP contribution in [0.3, 0.4) is 0 Å². The smallest absolute Gasteiger partial charge is 0.0348 e. The molecule has 0 aromatic heterocycles. The Hall–Kier alpha value is -0.820. The van der Waals surface area contributed by atoms with Gasteiger partial charge in [-0.15, -0.1) is 0 Å². The van der Waals surface area contributed by atoms with Gasteiger partial charge < -0.3 is 5.32 Å². The van der Waals surface area contributed by atoms with Crippen molar-refractivity contribution >= 4 is 0 Å². The van der Waals surface area contributed by atoms with Crippen LogP contribution in [0.5, 0.6) is 0 Å². The van der Waals surface area contributed by atoms with E-state index in [1.54, 1.807) is 0 Å². The highest BCUT2D eigenvalue weighted by atomic mass is 14.9. The van der Waals surface area contributed by atoms with Gasteiger partial charge in [-0.3, -0.25) is 0 Å². The fourth-order valence-corrected chi connectivity index (χ4v) is 2.21. The van der Waals surface area contributed by atoms with Crippen LogP contribution in [0.1, 0.15) is 37.8 Å². The van der Waals surface area contributed by atoms with E-state index in [2.05, 4.69) is 42.6 Å². The minimum Gasteiger partial charge on any atom is -0.310 e. The summed E-state index contributed by atoms with van der Waals surface area (Å²) in [6.07, 6.45) is 4.21. The Balaban J connectivity index is 2.09. The lowest BCUT2D eigenvalue weighted by atomic mass is 9.77. The van der Waals surface area contributed by atoms with Crippen molar-refractivity contribution in [3.05, 3.63) is 35.9 Å². The van der Waals surface area contributed by atoms with Gasteiger partial charge in [0.05, 0.1) is 0 Å². The van der Waals surface area contributed by atoms with E-state index < -0.39 is 0 Å². The van der Waals surface area contributed by atoms with Crippen molar-refractivity contribution in [3.8, 4) is 0 Å². The maximum Gasteiger partial charge on any atom is 0.0348 e. The molecule has 0 radical (unpaired) electrons. The molecular formula is C13H19N. The van der Waals surface area contributed by atoms with Crippen molar-refractivity contribution in [2.24, 2.45) is 5.92 Å². The lowest BCUT2D eigenvalue weighted by Crippen LogP contribution is -2.31. The van der Waals surface area contributed by atoms with Gasteiger partial charge in [0.2, 0.25) is 0 Å². The van der Waals surface area contributed by atoms with Gasteiger partial charge in [0.1, 0.15) is 0 Å². The number of benzene rings is 1. The molecule has 1 unspecified atom stereocenters. The molecule has 1 heteroatoms. The van der Waals surface area contributed by atoms with E-state index in [1.807, 2.05) is 0 Å². The Labute approximate surface area is 86.5 Å². The van der Waals surface area contributed by atoms with Crippen LogP contribution in [-0.4, -0.2) is 6.54 Å². The van der Waals surface area contributed by atoms with E-state index in [0.29, 0.717) is 6.04 Å². The summed E-state index contributed by atoms with van der Waals surface area (Å²) in [5.41, 5.74) is 1.46. The summed E-state index contributed by atoms with van der Waals surface area (Å²) in [5.74, 6) is 0.873. The number of nitrogens with one attached hydrogen (secondary N) is 1. The van der Waals surface area contributed by atoms with Gasteiger partial charge in [-0.05, 0) is 30.9 Å². The van der Waals surface area contributed by atoms with Crippen LogP contribution in [0.4, 0.5) is 0 Å². The first-order chi connectivity index (χ1) is 6.92. The van der Waals surface area contributed by atoms with Crippen LogP contribution in [0.25, 0.3) is 0 Å². The Morgan fingerprint density at radius 1 is 1.29 bits per heavy atom. The second-order valence-corrected chi connectivity index (χ2v) is 4.14. The molecule has 0 aliphatic heterocycles. The standard InChI is InChI=1S/C13H19N/c1-2-14-13(12-9-6-10-12)11-7-4-3-5-8-11/h3-5,7-8,12-14H,2,6,9-10H2,1H3. The third-order valence-electron chi connectivity index (χ3n) is 3.20. The normalized spacial score (nSPS) is 18.9. The van der Waals surface area contributed by atoms with Crippen molar-refractivity contribution in [2.45, 2.75) is 32.2 Å². The zero-order valence-corrected chi connectivity index (χ0v) is 8.87. The first kappa shape index (κ1) is 9.72. The molecule has 1 nitrogen and oxygen atoms in total. The molecule has 0 bridgehead atoms. The minimum absolute atomic E-state index is 0.593.